The second-order valence-electron chi connectivity index (χ2n) is 5.30. The third kappa shape index (κ3) is 3.20. The molecule has 0 aliphatic rings. The molecule has 0 spiro atoms. The van der Waals surface area contributed by atoms with E-state index in [1.54, 1.807) is 0 Å². The van der Waals surface area contributed by atoms with Crippen LogP contribution in [-0.4, -0.2) is 20.7 Å². The highest BCUT2D eigenvalue weighted by molar-refractivity contribution is 9.10. The van der Waals surface area contributed by atoms with Gasteiger partial charge in [0.25, 0.3) is 0 Å². The Morgan fingerprint density at radius 3 is 2.91 bits per heavy atom. The van der Waals surface area contributed by atoms with Crippen molar-refractivity contribution in [3.63, 3.8) is 0 Å². The normalized spacial score (nSPS) is 11.3. The predicted octanol–water partition coefficient (Wildman–Crippen LogP) is 4.02. The molecule has 114 valence electrons. The number of anilines is 1. The smallest absolute Gasteiger partial charge is 0.246 e. The summed E-state index contributed by atoms with van der Waals surface area (Å²) in [6.07, 6.45) is 1.91. The molecule has 1 N–H and O–H groups in total. The van der Waals surface area contributed by atoms with Crippen molar-refractivity contribution in [2.45, 2.75) is 26.3 Å². The second-order valence-corrected chi connectivity index (χ2v) is 7.22. The van der Waals surface area contributed by atoms with Crippen molar-refractivity contribution >= 4 is 49.2 Å². The molecule has 1 aromatic carbocycles. The van der Waals surface area contributed by atoms with Gasteiger partial charge in [-0.25, -0.2) is 0 Å². The maximum absolute atomic E-state index is 12.2. The highest BCUT2D eigenvalue weighted by Crippen LogP contribution is 2.23. The van der Waals surface area contributed by atoms with E-state index >= 15 is 0 Å². The van der Waals surface area contributed by atoms with Crippen molar-refractivity contribution in [2.75, 3.05) is 5.32 Å². The summed E-state index contributed by atoms with van der Waals surface area (Å²) in [5, 5.41) is 13.4. The predicted molar refractivity (Wildman–Crippen MR) is 92.3 cm³/mol. The van der Waals surface area contributed by atoms with Crippen LogP contribution in [0.4, 0.5) is 5.13 Å². The van der Waals surface area contributed by atoms with Crippen LogP contribution in [0.1, 0.15) is 24.8 Å². The first-order chi connectivity index (χ1) is 10.5. The Bertz CT molecular complexity index is 824. The van der Waals surface area contributed by atoms with E-state index in [1.165, 1.54) is 11.3 Å². The monoisotopic (exact) mass is 378 g/mol. The Morgan fingerprint density at radius 2 is 2.18 bits per heavy atom. The molecule has 7 heteroatoms. The van der Waals surface area contributed by atoms with E-state index in [9.17, 15) is 4.79 Å². The summed E-state index contributed by atoms with van der Waals surface area (Å²) < 4.78 is 2.94. The molecule has 0 aliphatic heterocycles. The van der Waals surface area contributed by atoms with Crippen molar-refractivity contribution < 1.29 is 4.79 Å². The molecule has 0 radical (unpaired) electrons. The van der Waals surface area contributed by atoms with E-state index in [4.69, 9.17) is 0 Å². The number of nitrogens with one attached hydrogen (secondary N) is 1. The number of nitrogens with zero attached hydrogens (tertiary/aromatic N) is 3. The maximum atomic E-state index is 12.2. The van der Waals surface area contributed by atoms with Crippen LogP contribution in [0.15, 0.2) is 34.9 Å². The van der Waals surface area contributed by atoms with Crippen LogP contribution >= 0.6 is 27.3 Å². The van der Waals surface area contributed by atoms with Crippen LogP contribution in [0, 0.1) is 0 Å². The highest BCUT2D eigenvalue weighted by Gasteiger charge is 2.11. The van der Waals surface area contributed by atoms with Gasteiger partial charge < -0.3 is 4.57 Å². The molecule has 0 atom stereocenters. The first kappa shape index (κ1) is 15.2. The van der Waals surface area contributed by atoms with Crippen molar-refractivity contribution in [1.29, 1.82) is 0 Å². The zero-order chi connectivity index (χ0) is 15.7. The number of rotatable bonds is 4. The van der Waals surface area contributed by atoms with Gasteiger partial charge in [-0.2, -0.15) is 0 Å². The SMILES string of the molecule is CC(C)c1nnc(NC(=O)Cn2ccc3cc(Br)ccc32)s1. The van der Waals surface area contributed by atoms with E-state index in [1.807, 2.05) is 35.0 Å². The number of carbonyl (C=O) groups is 1. The summed E-state index contributed by atoms with van der Waals surface area (Å²) in [6, 6.07) is 7.99. The second kappa shape index (κ2) is 6.18. The molecule has 0 saturated carbocycles. The molecule has 22 heavy (non-hydrogen) atoms. The lowest BCUT2D eigenvalue weighted by Crippen LogP contribution is -2.18. The van der Waals surface area contributed by atoms with Gasteiger partial charge in [0, 0.05) is 27.5 Å². The summed E-state index contributed by atoms with van der Waals surface area (Å²) in [5.74, 6) is 0.210. The molecule has 1 amide bonds. The molecule has 0 unspecified atom stereocenters. The number of hydrogen-bond acceptors (Lipinski definition) is 4. The molecule has 0 bridgehead atoms. The fraction of sp³-hybridized carbons (Fsp3) is 0.267. The first-order valence-electron chi connectivity index (χ1n) is 6.90. The average molecular weight is 379 g/mol. The van der Waals surface area contributed by atoms with Crippen LogP contribution in [0.2, 0.25) is 0 Å². The lowest BCUT2D eigenvalue weighted by molar-refractivity contribution is -0.116. The summed E-state index contributed by atoms with van der Waals surface area (Å²) in [4.78, 5) is 12.2. The molecular weight excluding hydrogens is 364 g/mol. The van der Waals surface area contributed by atoms with Crippen LogP contribution < -0.4 is 5.32 Å². The van der Waals surface area contributed by atoms with Gasteiger partial charge in [0.1, 0.15) is 11.6 Å². The van der Waals surface area contributed by atoms with Crippen molar-refractivity contribution in [2.24, 2.45) is 0 Å². The number of halogens is 1. The fourth-order valence-electron chi connectivity index (χ4n) is 2.14. The number of fused-ring (bicyclic) bond motifs is 1. The minimum Gasteiger partial charge on any atom is -0.338 e. The van der Waals surface area contributed by atoms with Gasteiger partial charge in [0.2, 0.25) is 11.0 Å². The van der Waals surface area contributed by atoms with Crippen LogP contribution in [0.3, 0.4) is 0 Å². The molecular formula is C15H15BrN4OS. The number of amides is 1. The zero-order valence-electron chi connectivity index (χ0n) is 12.2. The Morgan fingerprint density at radius 1 is 1.36 bits per heavy atom. The van der Waals surface area contributed by atoms with Gasteiger partial charge in [0.15, 0.2) is 0 Å². The maximum Gasteiger partial charge on any atom is 0.246 e. The fourth-order valence-corrected chi connectivity index (χ4v) is 3.28. The van der Waals surface area contributed by atoms with Crippen molar-refractivity contribution in [3.8, 4) is 0 Å². The van der Waals surface area contributed by atoms with E-state index < -0.39 is 0 Å². The quantitative estimate of drug-likeness (QED) is 0.745. The molecule has 2 aromatic heterocycles. The lowest BCUT2D eigenvalue weighted by Gasteiger charge is -2.05. The van der Waals surface area contributed by atoms with Gasteiger partial charge in [0.05, 0.1) is 0 Å². The van der Waals surface area contributed by atoms with Crippen molar-refractivity contribution in [3.05, 3.63) is 39.9 Å². The first-order valence-corrected chi connectivity index (χ1v) is 8.51. The summed E-state index contributed by atoms with van der Waals surface area (Å²) in [5.41, 5.74) is 1.03. The molecule has 3 aromatic rings. The molecule has 2 heterocycles. The number of hydrogen-bond donors (Lipinski definition) is 1. The van der Waals surface area contributed by atoms with Crippen LogP contribution in [-0.2, 0) is 11.3 Å². The number of carbonyl (C=O) groups excluding carboxylic acids is 1. The standard InChI is InChI=1S/C15H15BrN4OS/c1-9(2)14-18-19-15(22-14)17-13(21)8-20-6-5-10-7-11(16)3-4-12(10)20/h3-7,9H,8H2,1-2H3,(H,17,19,21). The topological polar surface area (TPSA) is 59.8 Å². The van der Waals surface area contributed by atoms with Gasteiger partial charge in [-0.1, -0.05) is 41.1 Å². The van der Waals surface area contributed by atoms with E-state index in [-0.39, 0.29) is 12.5 Å². The zero-order valence-corrected chi connectivity index (χ0v) is 14.6. The van der Waals surface area contributed by atoms with Crippen molar-refractivity contribution in [1.82, 2.24) is 14.8 Å². The van der Waals surface area contributed by atoms with Gasteiger partial charge in [-0.05, 0) is 24.3 Å². The van der Waals surface area contributed by atoms with Gasteiger partial charge in [-0.3, -0.25) is 10.1 Å². The minimum absolute atomic E-state index is 0.105. The molecule has 3 rings (SSSR count). The van der Waals surface area contributed by atoms with Crippen LogP contribution in [0.5, 0.6) is 0 Å². The van der Waals surface area contributed by atoms with Gasteiger partial charge >= 0.3 is 0 Å². The minimum atomic E-state index is -0.105. The highest BCUT2D eigenvalue weighted by atomic mass is 79.9. The number of aromatic nitrogens is 3. The van der Waals surface area contributed by atoms with E-state index in [2.05, 4.69) is 45.3 Å². The lowest BCUT2D eigenvalue weighted by atomic mass is 10.2. The van der Waals surface area contributed by atoms with Gasteiger partial charge in [-0.15, -0.1) is 10.2 Å². The summed E-state index contributed by atoms with van der Waals surface area (Å²) in [6.45, 7) is 4.36. The van der Waals surface area contributed by atoms with E-state index in [0.717, 1.165) is 20.4 Å². The van der Waals surface area contributed by atoms with E-state index in [0.29, 0.717) is 11.0 Å². The Balaban J connectivity index is 1.72. The molecule has 0 aliphatic carbocycles. The Kier molecular flexibility index (Phi) is 4.26. The average Bonchev–Trinajstić information content (AvgIpc) is 3.06. The molecule has 0 saturated heterocycles. The summed E-state index contributed by atoms with van der Waals surface area (Å²) in [7, 11) is 0. The molecule has 0 fully saturated rings. The largest absolute Gasteiger partial charge is 0.338 e. The number of benzene rings is 1. The third-order valence-corrected chi connectivity index (χ3v) is 4.86. The van der Waals surface area contributed by atoms with Crippen LogP contribution in [0.25, 0.3) is 10.9 Å². The Hall–Kier alpha value is -1.73. The Labute approximate surface area is 140 Å². The summed E-state index contributed by atoms with van der Waals surface area (Å²) >= 11 is 4.87. The molecule has 5 nitrogen and oxygen atoms in total. The third-order valence-electron chi connectivity index (χ3n) is 3.23.